The molecule has 16 rings (SSSR count). The second-order valence-electron chi connectivity index (χ2n) is 44.7. The molecule has 40 nitrogen and oxygen atoms in total. The summed E-state index contributed by atoms with van der Waals surface area (Å²) in [5, 5.41) is 39.4. The van der Waals surface area contributed by atoms with Crippen LogP contribution in [0.1, 0.15) is 273 Å². The molecule has 4 fully saturated rings. The Morgan fingerprint density at radius 2 is 0.545 bits per heavy atom. The Morgan fingerprint density at radius 3 is 0.759 bits per heavy atom. The summed E-state index contributed by atoms with van der Waals surface area (Å²) in [6.45, 7) is 45.0. The standard InChI is InChI=1S/C26H35N5O5S.2C25H33N5O5S.C25H31N5O5S/c1-25(2,3)19-13-11-17-22(28-19)31-15-16(14-26(31,4)5)10-12-18(24(33)36-6)27-20-8-7-9-21(29-20)37(34,35)30-23(17)32;3*1-24(2,3)18-12-10-16-21(27-18)30-14-15(13-25(30,4)5)9-11-17(23(32)33)26-19-7-6-8-20(28-19)36(34,35)29-22(16)31/h7-9,11,13,16,18H,10,12,14-15H2,1-6H3,(H,27,29)(H,30,32);2*6-8,10,12,15,17H,9,11,13-14H2,1-5H3,(H,26,28)(H,29,31)(H,32,33);6-8,10,12,15,17H,1,9,11,13-14H2,2-5H3,(H2-,26,28,29,31,32,33)/p+1/t16-,18?;3*15-,17?/m0000/s1. The van der Waals surface area contributed by atoms with Crippen LogP contribution in [0.2, 0.25) is 0 Å². The van der Waals surface area contributed by atoms with Crippen LogP contribution in [-0.2, 0) is 85.7 Å². The van der Waals surface area contributed by atoms with E-state index in [4.69, 9.17) is 24.7 Å². The molecule has 4 unspecified atom stereocenters. The van der Waals surface area contributed by atoms with Crippen LogP contribution in [0.4, 0.5) is 46.5 Å². The van der Waals surface area contributed by atoms with Crippen molar-refractivity contribution < 1.29 is 92.1 Å². The lowest BCUT2D eigenvalue weighted by Gasteiger charge is -2.34. The number of sulfonamides is 4. The summed E-state index contributed by atoms with van der Waals surface area (Å²) in [6.07, 6.45) is 7.17. The maximum Gasteiger partial charge on any atom is 0.328 e. The van der Waals surface area contributed by atoms with Crippen molar-refractivity contribution in [1.82, 2.24) is 58.8 Å². The van der Waals surface area contributed by atoms with Gasteiger partial charge >= 0.3 is 23.9 Å². The summed E-state index contributed by atoms with van der Waals surface area (Å²) < 4.78 is 118. The van der Waals surface area contributed by atoms with Crippen LogP contribution < -0.4 is 59.8 Å². The summed E-state index contributed by atoms with van der Waals surface area (Å²) in [4.78, 5) is 146. The number of methoxy groups -OCH3 is 1. The molecular formula is C101H133N20O20S4+. The number of esters is 1. The van der Waals surface area contributed by atoms with Crippen LogP contribution in [0, 0.1) is 30.6 Å². The molecule has 4 amide bonds. The molecule has 780 valence electrons. The first-order valence-corrected chi connectivity index (χ1v) is 54.2. The van der Waals surface area contributed by atoms with Crippen molar-refractivity contribution in [2.24, 2.45) is 23.7 Å². The number of aromatic nitrogens is 8. The highest BCUT2D eigenvalue weighted by atomic mass is 32.2. The average molecular weight is 2080 g/mol. The Bertz CT molecular complexity index is 6360. The minimum atomic E-state index is -4.35. The first-order valence-electron chi connectivity index (χ1n) is 48.2. The molecule has 0 saturated carbocycles. The molecule has 0 radical (unpaired) electrons. The Labute approximate surface area is 847 Å². The molecule has 8 aromatic rings. The number of amides is 4. The number of hydrogen-bond acceptors (Lipinski definition) is 33. The predicted molar refractivity (Wildman–Crippen MR) is 547 cm³/mol. The molecule has 145 heavy (non-hydrogen) atoms. The van der Waals surface area contributed by atoms with E-state index in [9.17, 15) is 87.3 Å². The van der Waals surface area contributed by atoms with Gasteiger partial charge in [0.15, 0.2) is 20.1 Å². The van der Waals surface area contributed by atoms with Gasteiger partial charge in [0.25, 0.3) is 63.7 Å². The molecule has 8 aliphatic heterocycles. The number of aliphatic carboxylic acids is 3. The third-order valence-electron chi connectivity index (χ3n) is 27.4. The van der Waals surface area contributed by atoms with Crippen molar-refractivity contribution >= 4 is 134 Å². The number of ether oxygens (including phenoxy) is 1. The molecule has 4 saturated heterocycles. The third-order valence-corrected chi connectivity index (χ3v) is 32.3. The molecule has 8 atom stereocenters. The zero-order valence-electron chi connectivity index (χ0n) is 85.5. The molecule has 8 aromatic heterocycles. The highest BCUT2D eigenvalue weighted by molar-refractivity contribution is 7.91. The fraction of sp³-hybridized carbons (Fsp3) is 0.515. The SMILES string of the molecule is CC(C)(C)c1ccc2c(n1)N1C[C@@H](CCC(C(=O)O)Nc3cccc(n3)S(=O)(=O)NC2=O)CC1(C)C.CC(C)(C)c1ccc2c(n1)N1C[C@@H](CCC(C(=O)O)Nc3cccc(n3)S(=O)(=O)NC2=O)CC1(C)C.COC(=O)C1CC[C@@H]2CN(c3nc(C(C)(C)C)ccc3C(=O)NS(=O)(=O)c3cccc(n3)N1)C(C)(C)C2.[CH2+]C(C)(C)c1ccc2c(n1)N1C[C@@H](CCC(C(=O)O)Nc3cccc(n3)S(=O)(=O)NC2=O)CC1(C)C. The number of fused-ring (bicyclic) bond motifs is 24. The minimum absolute atomic E-state index is 0.102. The third kappa shape index (κ3) is 25.4. The Kier molecular flexibility index (Phi) is 31.0. The van der Waals surface area contributed by atoms with Gasteiger partial charge in [-0.15, -0.1) is 0 Å². The number of anilines is 8. The van der Waals surface area contributed by atoms with Crippen LogP contribution in [0.25, 0.3) is 0 Å². The minimum Gasteiger partial charge on any atom is -0.480 e. The molecule has 0 aliphatic carbocycles. The lowest BCUT2D eigenvalue weighted by atomic mass is 9.91. The van der Waals surface area contributed by atoms with E-state index in [1.807, 2.05) is 94.9 Å². The second kappa shape index (κ2) is 41.1. The van der Waals surface area contributed by atoms with Crippen molar-refractivity contribution in [3.8, 4) is 0 Å². The Morgan fingerprint density at radius 1 is 0.331 bits per heavy atom. The van der Waals surface area contributed by atoms with Gasteiger partial charge in [0.2, 0.25) is 0 Å². The number of nitrogens with zero attached hydrogens (tertiary/aromatic N) is 12. The van der Waals surface area contributed by atoms with Gasteiger partial charge in [-0.3, -0.25) is 19.2 Å². The molecule has 8 aliphatic rings. The smallest absolute Gasteiger partial charge is 0.328 e. The van der Waals surface area contributed by atoms with Gasteiger partial charge in [-0.2, -0.15) is 33.7 Å². The summed E-state index contributed by atoms with van der Waals surface area (Å²) in [5.74, 6) is -3.89. The monoisotopic (exact) mass is 2070 g/mol. The van der Waals surface area contributed by atoms with Gasteiger partial charge in [0.05, 0.1) is 42.0 Å². The topological polar surface area (TPSA) is 555 Å². The molecular weight excluding hydrogens is 1940 g/mol. The van der Waals surface area contributed by atoms with Crippen LogP contribution in [0.15, 0.2) is 141 Å². The van der Waals surface area contributed by atoms with Crippen molar-refractivity contribution in [1.29, 1.82) is 0 Å². The van der Waals surface area contributed by atoms with Gasteiger partial charge in [-0.05, 0) is 267 Å². The van der Waals surface area contributed by atoms with Crippen molar-refractivity contribution in [3.63, 3.8) is 0 Å². The number of pyridine rings is 8. The van der Waals surface area contributed by atoms with Crippen molar-refractivity contribution in [2.75, 3.05) is 74.2 Å². The van der Waals surface area contributed by atoms with E-state index in [2.05, 4.69) is 123 Å². The van der Waals surface area contributed by atoms with E-state index in [1.165, 1.54) is 73.8 Å². The molecule has 44 heteroatoms. The van der Waals surface area contributed by atoms with E-state index in [0.717, 1.165) is 42.8 Å². The van der Waals surface area contributed by atoms with Crippen molar-refractivity contribution in [2.45, 2.75) is 297 Å². The highest BCUT2D eigenvalue weighted by Crippen LogP contribution is 2.47. The summed E-state index contributed by atoms with van der Waals surface area (Å²) >= 11 is 0. The van der Waals surface area contributed by atoms with Gasteiger partial charge in [-0.25, -0.2) is 77.9 Å². The summed E-state index contributed by atoms with van der Waals surface area (Å²) in [7, 11) is -16.0. The quantitative estimate of drug-likeness (QED) is 0.0563. The summed E-state index contributed by atoms with van der Waals surface area (Å²) in [6, 6.07) is 26.9. The maximum atomic E-state index is 13.4. The normalized spacial score (nSPS) is 23.4. The number of hydrogen-bond donors (Lipinski definition) is 11. The van der Waals surface area contributed by atoms with Gasteiger partial charge in [0, 0.05) is 81.7 Å². The van der Waals surface area contributed by atoms with E-state index in [1.54, 1.807) is 54.6 Å². The molecule has 0 aromatic carbocycles. The Balaban J connectivity index is 0.000000162. The fourth-order valence-electron chi connectivity index (χ4n) is 19.8. The number of carboxylic acids is 3. The zero-order valence-corrected chi connectivity index (χ0v) is 88.7. The van der Waals surface area contributed by atoms with Crippen LogP contribution in [0.3, 0.4) is 0 Å². The first-order chi connectivity index (χ1) is 67.2. The van der Waals surface area contributed by atoms with E-state index >= 15 is 0 Å². The second-order valence-corrected chi connectivity index (χ2v) is 51.2. The lowest BCUT2D eigenvalue weighted by molar-refractivity contribution is -0.142. The number of carbonyl (C=O) groups excluding carboxylic acids is 5. The van der Waals surface area contributed by atoms with Gasteiger partial charge in [0.1, 0.15) is 76.1 Å². The van der Waals surface area contributed by atoms with Gasteiger partial charge in [-0.1, -0.05) is 86.6 Å². The van der Waals surface area contributed by atoms with E-state index in [-0.39, 0.29) is 117 Å². The fourth-order valence-corrected chi connectivity index (χ4v) is 23.5. The van der Waals surface area contributed by atoms with E-state index < -0.39 is 128 Å². The Hall–Kier alpha value is -13.0. The molecule has 16 heterocycles. The number of rotatable bonds is 5. The highest BCUT2D eigenvalue weighted by Gasteiger charge is 2.49. The average Bonchev–Trinajstić information content (AvgIpc) is 1.69. The number of nitrogens with one attached hydrogen (secondary N) is 8. The van der Waals surface area contributed by atoms with Crippen LogP contribution in [0.5, 0.6) is 0 Å². The van der Waals surface area contributed by atoms with E-state index in [0.29, 0.717) is 107 Å². The molecule has 16 bridgehead atoms. The maximum absolute atomic E-state index is 13.4. The van der Waals surface area contributed by atoms with Crippen LogP contribution >= 0.6 is 0 Å². The van der Waals surface area contributed by atoms with Crippen molar-refractivity contribution in [3.05, 3.63) is 173 Å². The summed E-state index contributed by atoms with van der Waals surface area (Å²) in [5.41, 5.74) is 0.752. The first kappa shape index (κ1) is 109. The van der Waals surface area contributed by atoms with Gasteiger partial charge < -0.3 is 60.9 Å². The number of carboxylic acid groups (broad SMARTS) is 3. The lowest BCUT2D eigenvalue weighted by Crippen LogP contribution is -2.41. The molecule has 11 N–H and O–H groups in total. The van der Waals surface area contributed by atoms with Crippen LogP contribution in [-0.4, -0.2) is 216 Å². The number of carbonyl (C=O) groups is 8. The largest absolute Gasteiger partial charge is 0.480 e. The zero-order chi connectivity index (χ0) is 107. The predicted octanol–water partition coefficient (Wildman–Crippen LogP) is 12.5. The molecule has 0 spiro atoms.